The van der Waals surface area contributed by atoms with Crippen molar-refractivity contribution in [1.29, 1.82) is 0 Å². The number of hydrogen-bond donors (Lipinski definition) is 1. The molecule has 0 saturated carbocycles. The quantitative estimate of drug-likeness (QED) is 0.894. The first-order chi connectivity index (χ1) is 9.63. The van der Waals surface area contributed by atoms with Crippen molar-refractivity contribution in [2.75, 3.05) is 13.2 Å². The summed E-state index contributed by atoms with van der Waals surface area (Å²) in [6, 6.07) is 3.90. The Labute approximate surface area is 117 Å². The minimum atomic E-state index is -0.0194. The Morgan fingerprint density at radius 1 is 1.20 bits per heavy atom. The molecule has 1 fully saturated rings. The lowest BCUT2D eigenvalue weighted by molar-refractivity contribution is 0.0590. The van der Waals surface area contributed by atoms with Crippen molar-refractivity contribution in [1.82, 2.24) is 15.1 Å². The zero-order valence-electron chi connectivity index (χ0n) is 11.7. The Kier molecular flexibility index (Phi) is 3.50. The molecule has 0 amide bonds. The highest BCUT2D eigenvalue weighted by Gasteiger charge is 2.29. The third-order valence-electron chi connectivity index (χ3n) is 3.51. The lowest BCUT2D eigenvalue weighted by Gasteiger charge is -2.25. The number of hydrogen-bond acceptors (Lipinski definition) is 6. The molecular weight excluding hydrogens is 256 g/mol. The van der Waals surface area contributed by atoms with Crippen LogP contribution >= 0.6 is 0 Å². The van der Waals surface area contributed by atoms with E-state index in [9.17, 15) is 0 Å². The van der Waals surface area contributed by atoms with Crippen molar-refractivity contribution >= 4 is 0 Å². The average Bonchev–Trinajstić information content (AvgIpc) is 2.87. The summed E-state index contributed by atoms with van der Waals surface area (Å²) in [7, 11) is 0. The van der Waals surface area contributed by atoms with Crippen LogP contribution in [-0.2, 0) is 4.74 Å². The topological polar surface area (TPSA) is 87.1 Å². The fourth-order valence-electron chi connectivity index (χ4n) is 2.48. The Balaban J connectivity index is 1.89. The van der Waals surface area contributed by atoms with E-state index in [0.717, 1.165) is 23.4 Å². The number of nitrogens with zero attached hydrogens (tertiary/aromatic N) is 3. The fraction of sp³-hybridized carbons (Fsp3) is 0.500. The molecule has 0 spiro atoms. The molecule has 1 aliphatic rings. The van der Waals surface area contributed by atoms with E-state index in [1.807, 2.05) is 26.0 Å². The van der Waals surface area contributed by atoms with Crippen molar-refractivity contribution in [3.05, 3.63) is 29.4 Å². The molecule has 0 bridgehead atoms. The predicted octanol–water partition coefficient (Wildman–Crippen LogP) is 1.58. The van der Waals surface area contributed by atoms with Gasteiger partial charge in [-0.2, -0.15) is 4.98 Å². The van der Waals surface area contributed by atoms with Crippen molar-refractivity contribution in [2.24, 2.45) is 5.73 Å². The molecule has 1 saturated heterocycles. The van der Waals surface area contributed by atoms with Crippen LogP contribution in [0.2, 0.25) is 0 Å². The van der Waals surface area contributed by atoms with Gasteiger partial charge in [0.1, 0.15) is 0 Å². The normalized spacial score (nSPS) is 22.9. The van der Waals surface area contributed by atoms with E-state index in [1.54, 1.807) is 0 Å². The number of rotatable bonds is 2. The smallest absolute Gasteiger partial charge is 0.233 e. The summed E-state index contributed by atoms with van der Waals surface area (Å²) in [5, 5.41) is 4.05. The molecule has 20 heavy (non-hydrogen) atoms. The Bertz CT molecular complexity index is 591. The minimum absolute atomic E-state index is 0.0120. The van der Waals surface area contributed by atoms with E-state index in [0.29, 0.717) is 24.9 Å². The lowest BCUT2D eigenvalue weighted by Crippen LogP contribution is -2.37. The van der Waals surface area contributed by atoms with Gasteiger partial charge in [-0.3, -0.25) is 4.98 Å². The highest BCUT2D eigenvalue weighted by molar-refractivity contribution is 5.55. The Hall–Kier alpha value is -1.79. The maximum atomic E-state index is 6.09. The molecular formula is C14H18N4O2. The van der Waals surface area contributed by atoms with Crippen molar-refractivity contribution in [2.45, 2.75) is 32.2 Å². The lowest BCUT2D eigenvalue weighted by atomic mass is 9.97. The summed E-state index contributed by atoms with van der Waals surface area (Å²) in [6.45, 7) is 5.13. The van der Waals surface area contributed by atoms with Gasteiger partial charge in [-0.15, -0.1) is 0 Å². The van der Waals surface area contributed by atoms with E-state index >= 15 is 0 Å². The van der Waals surface area contributed by atoms with Gasteiger partial charge in [0.05, 0.1) is 12.5 Å². The zero-order chi connectivity index (χ0) is 14.1. The van der Waals surface area contributed by atoms with Crippen LogP contribution in [-0.4, -0.2) is 34.4 Å². The second kappa shape index (κ2) is 5.30. The molecule has 0 aromatic carbocycles. The van der Waals surface area contributed by atoms with Crippen LogP contribution < -0.4 is 5.73 Å². The van der Waals surface area contributed by atoms with Gasteiger partial charge in [-0.1, -0.05) is 5.16 Å². The molecule has 0 radical (unpaired) electrons. The highest BCUT2D eigenvalue weighted by atomic mass is 16.5. The average molecular weight is 274 g/mol. The molecule has 2 aromatic rings. The molecule has 6 nitrogen and oxygen atoms in total. The number of aryl methyl sites for hydroxylation is 2. The van der Waals surface area contributed by atoms with Crippen molar-refractivity contribution in [3.63, 3.8) is 0 Å². The molecule has 2 unspecified atom stereocenters. The van der Waals surface area contributed by atoms with Gasteiger partial charge in [0, 0.05) is 29.6 Å². The van der Waals surface area contributed by atoms with Crippen LogP contribution in [0.1, 0.15) is 29.6 Å². The van der Waals surface area contributed by atoms with Crippen LogP contribution in [0.25, 0.3) is 11.4 Å². The maximum Gasteiger partial charge on any atom is 0.233 e. The van der Waals surface area contributed by atoms with Crippen LogP contribution in [0.5, 0.6) is 0 Å². The van der Waals surface area contributed by atoms with Gasteiger partial charge in [0.15, 0.2) is 0 Å². The molecule has 2 atom stereocenters. The monoisotopic (exact) mass is 274 g/mol. The standard InChI is InChI=1S/C14H18N4O2/c1-8-5-10(6-9(2)16-8)13-17-14(20-18-13)11-7-19-4-3-12(11)15/h5-6,11-12H,3-4,7,15H2,1-2H3. The molecule has 2 aromatic heterocycles. The molecule has 2 N–H and O–H groups in total. The third kappa shape index (κ3) is 2.57. The van der Waals surface area contributed by atoms with Crippen LogP contribution in [0.15, 0.2) is 16.7 Å². The Morgan fingerprint density at radius 2 is 1.95 bits per heavy atom. The van der Waals surface area contributed by atoms with Gasteiger partial charge >= 0.3 is 0 Å². The molecule has 6 heteroatoms. The van der Waals surface area contributed by atoms with Crippen LogP contribution in [0, 0.1) is 13.8 Å². The highest BCUT2D eigenvalue weighted by Crippen LogP contribution is 2.26. The Morgan fingerprint density at radius 3 is 2.65 bits per heavy atom. The van der Waals surface area contributed by atoms with Gasteiger partial charge in [-0.25, -0.2) is 0 Å². The van der Waals surface area contributed by atoms with E-state index in [1.165, 1.54) is 0 Å². The van der Waals surface area contributed by atoms with Crippen molar-refractivity contribution < 1.29 is 9.26 Å². The van der Waals surface area contributed by atoms with Gasteiger partial charge in [-0.05, 0) is 32.4 Å². The van der Waals surface area contributed by atoms with Gasteiger partial charge in [0.2, 0.25) is 11.7 Å². The van der Waals surface area contributed by atoms with Crippen LogP contribution in [0.4, 0.5) is 0 Å². The molecule has 0 aliphatic carbocycles. The second-order valence-electron chi connectivity index (χ2n) is 5.23. The second-order valence-corrected chi connectivity index (χ2v) is 5.23. The first kappa shape index (κ1) is 13.2. The van der Waals surface area contributed by atoms with E-state index < -0.39 is 0 Å². The summed E-state index contributed by atoms with van der Waals surface area (Å²) in [5.74, 6) is 1.11. The fourth-order valence-corrected chi connectivity index (χ4v) is 2.48. The number of aromatic nitrogens is 3. The molecule has 106 valence electrons. The van der Waals surface area contributed by atoms with Crippen molar-refractivity contribution in [3.8, 4) is 11.4 Å². The van der Waals surface area contributed by atoms with Crippen LogP contribution in [0.3, 0.4) is 0 Å². The summed E-state index contributed by atoms with van der Waals surface area (Å²) in [4.78, 5) is 8.81. The zero-order valence-corrected chi connectivity index (χ0v) is 11.7. The van der Waals surface area contributed by atoms with E-state index in [-0.39, 0.29) is 12.0 Å². The first-order valence-electron chi connectivity index (χ1n) is 6.76. The largest absolute Gasteiger partial charge is 0.381 e. The summed E-state index contributed by atoms with van der Waals surface area (Å²) in [5.41, 5.74) is 8.87. The van der Waals surface area contributed by atoms with Gasteiger partial charge in [0.25, 0.3) is 0 Å². The molecule has 3 rings (SSSR count). The molecule has 3 heterocycles. The molecule has 1 aliphatic heterocycles. The number of pyridine rings is 1. The summed E-state index contributed by atoms with van der Waals surface area (Å²) >= 11 is 0. The van der Waals surface area contributed by atoms with Gasteiger partial charge < -0.3 is 15.0 Å². The number of ether oxygens (including phenoxy) is 1. The first-order valence-corrected chi connectivity index (χ1v) is 6.76. The third-order valence-corrected chi connectivity index (χ3v) is 3.51. The summed E-state index contributed by atoms with van der Waals surface area (Å²) in [6.07, 6.45) is 0.815. The number of nitrogens with two attached hydrogens (primary N) is 1. The minimum Gasteiger partial charge on any atom is -0.381 e. The summed E-state index contributed by atoms with van der Waals surface area (Å²) < 4.78 is 10.8. The van der Waals surface area contributed by atoms with E-state index in [4.69, 9.17) is 15.0 Å². The predicted molar refractivity (Wildman–Crippen MR) is 73.2 cm³/mol. The maximum absolute atomic E-state index is 6.09. The van der Waals surface area contributed by atoms with E-state index in [2.05, 4.69) is 15.1 Å². The SMILES string of the molecule is Cc1cc(-c2noc(C3COCCC3N)n2)cc(C)n1.